The second-order valence-corrected chi connectivity index (χ2v) is 5.16. The number of anilines is 1. The molecular formula is C10H17N3S. The third-order valence-electron chi connectivity index (χ3n) is 2.92. The van der Waals surface area contributed by atoms with Crippen LogP contribution in [-0.4, -0.2) is 23.0 Å². The highest BCUT2D eigenvalue weighted by Crippen LogP contribution is 2.25. The standard InChI is InChI=1S/C10H17N3S/c1-13(8-4-2-3-5-8)7-9-6-12-10(11)14-9/h6,8H,2-5,7H2,1H3,(H2,11,12). The van der Waals surface area contributed by atoms with Gasteiger partial charge in [-0.1, -0.05) is 12.8 Å². The van der Waals surface area contributed by atoms with Gasteiger partial charge in [0.25, 0.3) is 0 Å². The Morgan fingerprint density at radius 1 is 1.57 bits per heavy atom. The highest BCUT2D eigenvalue weighted by Gasteiger charge is 2.19. The third-order valence-corrected chi connectivity index (χ3v) is 3.74. The van der Waals surface area contributed by atoms with Gasteiger partial charge in [-0.15, -0.1) is 11.3 Å². The summed E-state index contributed by atoms with van der Waals surface area (Å²) >= 11 is 1.60. The molecule has 0 radical (unpaired) electrons. The van der Waals surface area contributed by atoms with E-state index in [1.165, 1.54) is 30.6 Å². The molecule has 4 heteroatoms. The quantitative estimate of drug-likeness (QED) is 0.832. The molecule has 1 aromatic rings. The molecule has 0 bridgehead atoms. The lowest BCUT2D eigenvalue weighted by atomic mass is 10.2. The van der Waals surface area contributed by atoms with E-state index in [1.54, 1.807) is 11.3 Å². The maximum absolute atomic E-state index is 5.60. The van der Waals surface area contributed by atoms with Gasteiger partial charge in [0.2, 0.25) is 0 Å². The van der Waals surface area contributed by atoms with Crippen molar-refractivity contribution < 1.29 is 0 Å². The summed E-state index contributed by atoms with van der Waals surface area (Å²) in [5, 5.41) is 0.680. The summed E-state index contributed by atoms with van der Waals surface area (Å²) < 4.78 is 0. The third kappa shape index (κ3) is 2.25. The second kappa shape index (κ2) is 4.28. The minimum atomic E-state index is 0.680. The summed E-state index contributed by atoms with van der Waals surface area (Å²) in [5.74, 6) is 0. The molecule has 1 aromatic heterocycles. The maximum Gasteiger partial charge on any atom is 0.180 e. The van der Waals surface area contributed by atoms with Gasteiger partial charge in [0, 0.05) is 23.7 Å². The van der Waals surface area contributed by atoms with E-state index in [-0.39, 0.29) is 0 Å². The molecule has 0 aromatic carbocycles. The van der Waals surface area contributed by atoms with Gasteiger partial charge in [0.1, 0.15) is 0 Å². The molecule has 0 spiro atoms. The van der Waals surface area contributed by atoms with Crippen LogP contribution in [0.1, 0.15) is 30.6 Å². The van der Waals surface area contributed by atoms with Crippen molar-refractivity contribution in [2.45, 2.75) is 38.3 Å². The van der Waals surface area contributed by atoms with E-state index in [4.69, 9.17) is 5.73 Å². The predicted octanol–water partition coefficient (Wildman–Crippen LogP) is 2.10. The van der Waals surface area contributed by atoms with Crippen LogP contribution in [0.2, 0.25) is 0 Å². The summed E-state index contributed by atoms with van der Waals surface area (Å²) in [7, 11) is 2.20. The number of nitrogen functional groups attached to an aromatic ring is 1. The number of hydrogen-bond donors (Lipinski definition) is 1. The smallest absolute Gasteiger partial charge is 0.180 e. The molecule has 2 rings (SSSR count). The van der Waals surface area contributed by atoms with Gasteiger partial charge in [0.15, 0.2) is 5.13 Å². The summed E-state index contributed by atoms with van der Waals surface area (Å²) in [6, 6.07) is 0.776. The summed E-state index contributed by atoms with van der Waals surface area (Å²) in [6.45, 7) is 1.000. The van der Waals surface area contributed by atoms with Crippen molar-refractivity contribution in [3.63, 3.8) is 0 Å². The van der Waals surface area contributed by atoms with E-state index >= 15 is 0 Å². The molecule has 1 heterocycles. The zero-order chi connectivity index (χ0) is 9.97. The molecule has 1 saturated carbocycles. The molecular weight excluding hydrogens is 194 g/mol. The Hall–Kier alpha value is -0.610. The molecule has 1 aliphatic rings. The van der Waals surface area contributed by atoms with Gasteiger partial charge in [-0.25, -0.2) is 4.98 Å². The van der Waals surface area contributed by atoms with Crippen LogP contribution in [0, 0.1) is 0 Å². The number of thiazole rings is 1. The van der Waals surface area contributed by atoms with Crippen molar-refractivity contribution in [2.24, 2.45) is 0 Å². The largest absolute Gasteiger partial charge is 0.375 e. The SMILES string of the molecule is CN(Cc1cnc(N)s1)C1CCCC1. The minimum absolute atomic E-state index is 0.680. The van der Waals surface area contributed by atoms with Crippen molar-refractivity contribution in [1.29, 1.82) is 0 Å². The zero-order valence-corrected chi connectivity index (χ0v) is 9.39. The first kappa shape index (κ1) is 9.93. The average molecular weight is 211 g/mol. The van der Waals surface area contributed by atoms with E-state index in [1.807, 2.05) is 6.20 Å². The molecule has 0 amide bonds. The molecule has 0 saturated heterocycles. The van der Waals surface area contributed by atoms with E-state index in [0.29, 0.717) is 5.13 Å². The van der Waals surface area contributed by atoms with Crippen LogP contribution in [0.5, 0.6) is 0 Å². The average Bonchev–Trinajstić information content (AvgIpc) is 2.75. The molecule has 0 aliphatic heterocycles. The lowest BCUT2D eigenvalue weighted by Crippen LogP contribution is -2.28. The van der Waals surface area contributed by atoms with Crippen molar-refractivity contribution >= 4 is 16.5 Å². The van der Waals surface area contributed by atoms with E-state index in [9.17, 15) is 0 Å². The van der Waals surface area contributed by atoms with Crippen molar-refractivity contribution in [3.05, 3.63) is 11.1 Å². The van der Waals surface area contributed by atoms with Crippen molar-refractivity contribution in [2.75, 3.05) is 12.8 Å². The van der Waals surface area contributed by atoms with E-state index in [2.05, 4.69) is 16.9 Å². The first-order valence-corrected chi connectivity index (χ1v) is 5.98. The Morgan fingerprint density at radius 3 is 2.86 bits per heavy atom. The van der Waals surface area contributed by atoms with Gasteiger partial charge in [0.05, 0.1) is 0 Å². The van der Waals surface area contributed by atoms with Crippen LogP contribution < -0.4 is 5.73 Å². The predicted molar refractivity (Wildman–Crippen MR) is 60.2 cm³/mol. The molecule has 78 valence electrons. The molecule has 14 heavy (non-hydrogen) atoms. The number of hydrogen-bond acceptors (Lipinski definition) is 4. The first-order valence-electron chi connectivity index (χ1n) is 5.16. The number of rotatable bonds is 3. The maximum atomic E-state index is 5.60. The van der Waals surface area contributed by atoms with Gasteiger partial charge < -0.3 is 5.73 Å². The molecule has 3 nitrogen and oxygen atoms in total. The van der Waals surface area contributed by atoms with Crippen LogP contribution in [-0.2, 0) is 6.54 Å². The number of aromatic nitrogens is 1. The Balaban J connectivity index is 1.90. The van der Waals surface area contributed by atoms with Gasteiger partial charge in [-0.3, -0.25) is 4.90 Å². The Bertz CT molecular complexity index is 291. The minimum Gasteiger partial charge on any atom is -0.375 e. The highest BCUT2D eigenvalue weighted by molar-refractivity contribution is 7.15. The Morgan fingerprint density at radius 2 is 2.29 bits per heavy atom. The van der Waals surface area contributed by atoms with Crippen LogP contribution in [0.3, 0.4) is 0 Å². The summed E-state index contributed by atoms with van der Waals surface area (Å²) in [4.78, 5) is 7.77. The van der Waals surface area contributed by atoms with Gasteiger partial charge in [-0.2, -0.15) is 0 Å². The fourth-order valence-electron chi connectivity index (χ4n) is 2.12. The molecule has 2 N–H and O–H groups in total. The lowest BCUT2D eigenvalue weighted by molar-refractivity contribution is 0.239. The molecule has 0 atom stereocenters. The molecule has 1 aliphatic carbocycles. The summed E-state index contributed by atoms with van der Waals surface area (Å²) in [6.07, 6.45) is 7.38. The topological polar surface area (TPSA) is 42.2 Å². The van der Waals surface area contributed by atoms with Crippen molar-refractivity contribution in [1.82, 2.24) is 9.88 Å². The van der Waals surface area contributed by atoms with E-state index in [0.717, 1.165) is 12.6 Å². The monoisotopic (exact) mass is 211 g/mol. The Labute approximate surface area is 88.9 Å². The summed E-state index contributed by atoms with van der Waals surface area (Å²) in [5.41, 5.74) is 5.60. The second-order valence-electron chi connectivity index (χ2n) is 4.02. The zero-order valence-electron chi connectivity index (χ0n) is 8.57. The normalized spacial score (nSPS) is 18.1. The fraction of sp³-hybridized carbons (Fsp3) is 0.700. The first-order chi connectivity index (χ1) is 6.75. The van der Waals surface area contributed by atoms with Gasteiger partial charge >= 0.3 is 0 Å². The molecule has 0 unspecified atom stereocenters. The van der Waals surface area contributed by atoms with Crippen LogP contribution in [0.15, 0.2) is 6.20 Å². The van der Waals surface area contributed by atoms with Crippen LogP contribution >= 0.6 is 11.3 Å². The van der Waals surface area contributed by atoms with Crippen LogP contribution in [0.25, 0.3) is 0 Å². The highest BCUT2D eigenvalue weighted by atomic mass is 32.1. The van der Waals surface area contributed by atoms with Gasteiger partial charge in [-0.05, 0) is 19.9 Å². The Kier molecular flexibility index (Phi) is 3.03. The fourth-order valence-corrected chi connectivity index (χ4v) is 2.86. The number of nitrogens with two attached hydrogens (primary N) is 1. The van der Waals surface area contributed by atoms with Crippen molar-refractivity contribution in [3.8, 4) is 0 Å². The molecule has 1 fully saturated rings. The lowest BCUT2D eigenvalue weighted by Gasteiger charge is -2.22. The van der Waals surface area contributed by atoms with Crippen LogP contribution in [0.4, 0.5) is 5.13 Å². The van der Waals surface area contributed by atoms with E-state index < -0.39 is 0 Å². The number of nitrogens with zero attached hydrogens (tertiary/aromatic N) is 2.